The number of hydrogen-bond donors (Lipinski definition) is 0. The third-order valence-electron chi connectivity index (χ3n) is 2.87. The monoisotopic (exact) mass is 258 g/mol. The van der Waals surface area contributed by atoms with E-state index in [2.05, 4.69) is 4.98 Å². The van der Waals surface area contributed by atoms with Gasteiger partial charge in [-0.1, -0.05) is 0 Å². The number of nitrogens with zero attached hydrogens (tertiary/aromatic N) is 2. The lowest BCUT2D eigenvalue weighted by Gasteiger charge is -2.05. The van der Waals surface area contributed by atoms with Crippen molar-refractivity contribution in [1.29, 1.82) is 0 Å². The summed E-state index contributed by atoms with van der Waals surface area (Å²) in [5, 5.41) is 0. The molecule has 0 fully saturated rings. The minimum absolute atomic E-state index is 0.170. The molecular weight excluding hydrogens is 240 g/mol. The second-order valence-corrected chi connectivity index (χ2v) is 4.28. The molecule has 1 aromatic carbocycles. The van der Waals surface area contributed by atoms with Crippen LogP contribution in [0.2, 0.25) is 0 Å². The van der Waals surface area contributed by atoms with E-state index in [1.54, 1.807) is 12.5 Å². The zero-order valence-corrected chi connectivity index (χ0v) is 11.1. The largest absolute Gasteiger partial charge is 0.494 e. The summed E-state index contributed by atoms with van der Waals surface area (Å²) in [6.07, 6.45) is 6.78. The van der Waals surface area contributed by atoms with Gasteiger partial charge in [-0.3, -0.25) is 4.79 Å². The zero-order chi connectivity index (χ0) is 13.5. The number of rotatable bonds is 7. The number of carbonyl (C=O) groups is 1. The van der Waals surface area contributed by atoms with E-state index in [1.807, 2.05) is 42.0 Å². The lowest BCUT2D eigenvalue weighted by atomic mass is 10.1. The third-order valence-corrected chi connectivity index (χ3v) is 2.87. The highest BCUT2D eigenvalue weighted by molar-refractivity contribution is 5.96. The molecule has 0 atom stereocenters. The predicted octanol–water partition coefficient (Wildman–Crippen LogP) is 2.94. The molecule has 2 aromatic rings. The average molecular weight is 258 g/mol. The maximum Gasteiger partial charge on any atom is 0.162 e. The zero-order valence-electron chi connectivity index (χ0n) is 11.1. The van der Waals surface area contributed by atoms with Gasteiger partial charge in [0.1, 0.15) is 5.75 Å². The summed E-state index contributed by atoms with van der Waals surface area (Å²) in [7, 11) is 0. The number of benzene rings is 1. The Morgan fingerprint density at radius 1 is 1.32 bits per heavy atom. The van der Waals surface area contributed by atoms with E-state index in [-0.39, 0.29) is 5.78 Å². The van der Waals surface area contributed by atoms with Crippen molar-refractivity contribution < 1.29 is 9.53 Å². The number of ketones is 1. The topological polar surface area (TPSA) is 44.1 Å². The Morgan fingerprint density at radius 2 is 2.11 bits per heavy atom. The summed E-state index contributed by atoms with van der Waals surface area (Å²) in [6, 6.07) is 7.33. The minimum Gasteiger partial charge on any atom is -0.494 e. The van der Waals surface area contributed by atoms with Crippen molar-refractivity contribution in [1.82, 2.24) is 9.55 Å². The van der Waals surface area contributed by atoms with Crippen molar-refractivity contribution in [2.75, 3.05) is 6.61 Å². The van der Waals surface area contributed by atoms with Crippen LogP contribution in [0.25, 0.3) is 0 Å². The van der Waals surface area contributed by atoms with E-state index in [0.717, 1.165) is 24.3 Å². The molecule has 0 saturated carbocycles. The number of hydrogen-bond acceptors (Lipinski definition) is 3. The number of carbonyl (C=O) groups excluding carboxylic acids is 1. The Kier molecular flexibility index (Phi) is 4.72. The molecule has 0 spiro atoms. The first-order chi connectivity index (χ1) is 9.29. The molecule has 0 aliphatic rings. The summed E-state index contributed by atoms with van der Waals surface area (Å²) in [5.74, 6) is 0.973. The van der Waals surface area contributed by atoms with Gasteiger partial charge in [0.15, 0.2) is 5.78 Å². The molecule has 0 amide bonds. The quantitative estimate of drug-likeness (QED) is 0.717. The van der Waals surface area contributed by atoms with Crippen molar-refractivity contribution >= 4 is 5.78 Å². The highest BCUT2D eigenvalue weighted by Crippen LogP contribution is 2.14. The second-order valence-electron chi connectivity index (χ2n) is 4.28. The molecule has 0 unspecified atom stereocenters. The molecule has 0 bridgehead atoms. The van der Waals surface area contributed by atoms with Crippen LogP contribution in [0.1, 0.15) is 30.1 Å². The van der Waals surface area contributed by atoms with Gasteiger partial charge in [0.25, 0.3) is 0 Å². The van der Waals surface area contributed by atoms with Crippen LogP contribution in [0.5, 0.6) is 5.75 Å². The van der Waals surface area contributed by atoms with Crippen molar-refractivity contribution in [3.8, 4) is 5.75 Å². The molecule has 4 nitrogen and oxygen atoms in total. The highest BCUT2D eigenvalue weighted by Gasteiger charge is 2.05. The van der Waals surface area contributed by atoms with Crippen LogP contribution < -0.4 is 4.74 Å². The van der Waals surface area contributed by atoms with Crippen molar-refractivity contribution in [3.63, 3.8) is 0 Å². The summed E-state index contributed by atoms with van der Waals surface area (Å²) < 4.78 is 7.33. The predicted molar refractivity (Wildman–Crippen MR) is 73.4 cm³/mol. The third kappa shape index (κ3) is 3.95. The van der Waals surface area contributed by atoms with Gasteiger partial charge in [-0.2, -0.15) is 0 Å². The fourth-order valence-corrected chi connectivity index (χ4v) is 1.89. The molecule has 0 aliphatic heterocycles. The smallest absolute Gasteiger partial charge is 0.162 e. The van der Waals surface area contributed by atoms with Crippen LogP contribution in [0, 0.1) is 0 Å². The fraction of sp³-hybridized carbons (Fsp3) is 0.333. The molecule has 4 heteroatoms. The van der Waals surface area contributed by atoms with Gasteiger partial charge in [-0.25, -0.2) is 4.98 Å². The molecular formula is C15H18N2O2. The van der Waals surface area contributed by atoms with Crippen molar-refractivity contribution in [2.45, 2.75) is 26.3 Å². The lowest BCUT2D eigenvalue weighted by molar-refractivity contribution is 0.0978. The molecule has 0 saturated heterocycles. The van der Waals surface area contributed by atoms with Gasteiger partial charge in [0.05, 0.1) is 12.9 Å². The second kappa shape index (κ2) is 6.73. The summed E-state index contributed by atoms with van der Waals surface area (Å²) >= 11 is 0. The lowest BCUT2D eigenvalue weighted by Crippen LogP contribution is -2.02. The number of ether oxygens (including phenoxy) is 1. The Morgan fingerprint density at radius 3 is 2.74 bits per heavy atom. The van der Waals surface area contributed by atoms with Crippen molar-refractivity contribution in [3.05, 3.63) is 48.5 Å². The molecule has 1 heterocycles. The van der Waals surface area contributed by atoms with Gasteiger partial charge in [-0.05, 0) is 37.6 Å². The van der Waals surface area contributed by atoms with E-state index in [9.17, 15) is 4.79 Å². The number of aryl methyl sites for hydroxylation is 1. The Hall–Kier alpha value is -2.10. The van der Waals surface area contributed by atoms with Crippen molar-refractivity contribution in [2.24, 2.45) is 0 Å². The summed E-state index contributed by atoms with van der Waals surface area (Å²) in [6.45, 7) is 3.40. The fourth-order valence-electron chi connectivity index (χ4n) is 1.89. The van der Waals surface area contributed by atoms with Crippen LogP contribution in [0.15, 0.2) is 43.0 Å². The normalized spacial score (nSPS) is 10.4. The molecule has 100 valence electrons. The first-order valence-corrected chi connectivity index (χ1v) is 6.51. The Balaban J connectivity index is 1.82. The van der Waals surface area contributed by atoms with Gasteiger partial charge in [-0.15, -0.1) is 0 Å². The minimum atomic E-state index is 0.170. The van der Waals surface area contributed by atoms with Crippen LogP contribution in [-0.4, -0.2) is 21.9 Å². The van der Waals surface area contributed by atoms with E-state index >= 15 is 0 Å². The molecule has 2 rings (SSSR count). The SMILES string of the molecule is CCOc1ccc(C(=O)CCCn2ccnc2)cc1. The van der Waals surface area contributed by atoms with E-state index in [4.69, 9.17) is 4.74 Å². The molecule has 0 radical (unpaired) electrons. The molecule has 1 aromatic heterocycles. The Bertz CT molecular complexity index is 503. The van der Waals surface area contributed by atoms with E-state index < -0.39 is 0 Å². The van der Waals surface area contributed by atoms with Gasteiger partial charge in [0, 0.05) is 30.9 Å². The van der Waals surface area contributed by atoms with Gasteiger partial charge >= 0.3 is 0 Å². The maximum absolute atomic E-state index is 12.0. The number of aromatic nitrogens is 2. The maximum atomic E-state index is 12.0. The molecule has 19 heavy (non-hydrogen) atoms. The van der Waals surface area contributed by atoms with Gasteiger partial charge in [0.2, 0.25) is 0 Å². The van der Waals surface area contributed by atoms with Crippen LogP contribution >= 0.6 is 0 Å². The first-order valence-electron chi connectivity index (χ1n) is 6.51. The van der Waals surface area contributed by atoms with Gasteiger partial charge < -0.3 is 9.30 Å². The number of Topliss-reactive ketones (excluding diaryl/α,β-unsaturated/α-hetero) is 1. The van der Waals surface area contributed by atoms with Crippen LogP contribution in [0.4, 0.5) is 0 Å². The van der Waals surface area contributed by atoms with Crippen LogP contribution in [-0.2, 0) is 6.54 Å². The summed E-state index contributed by atoms with van der Waals surface area (Å²) in [5.41, 5.74) is 0.745. The number of imidazole rings is 1. The highest BCUT2D eigenvalue weighted by atomic mass is 16.5. The molecule has 0 N–H and O–H groups in total. The Labute approximate surface area is 113 Å². The van der Waals surface area contributed by atoms with E-state index in [1.165, 1.54) is 0 Å². The standard InChI is InChI=1S/C15H18N2O2/c1-2-19-14-7-5-13(6-8-14)15(18)4-3-10-17-11-9-16-12-17/h5-9,11-12H,2-4,10H2,1H3. The van der Waals surface area contributed by atoms with Crippen LogP contribution in [0.3, 0.4) is 0 Å². The molecule has 0 aliphatic carbocycles. The summed E-state index contributed by atoms with van der Waals surface area (Å²) in [4.78, 5) is 15.9. The first kappa shape index (κ1) is 13.3. The van der Waals surface area contributed by atoms with E-state index in [0.29, 0.717) is 13.0 Å². The average Bonchev–Trinajstić information content (AvgIpc) is 2.93.